The van der Waals surface area contributed by atoms with E-state index in [0.29, 0.717) is 25.1 Å². The van der Waals surface area contributed by atoms with Gasteiger partial charge in [0.2, 0.25) is 0 Å². The average molecular weight is 421 g/mol. The molecule has 1 aromatic rings. The fraction of sp³-hybridized carbons (Fsp3) is 0.810. The Labute approximate surface area is 179 Å². The van der Waals surface area contributed by atoms with Gasteiger partial charge in [0.25, 0.3) is 0 Å². The maximum absolute atomic E-state index is 10.4. The molecule has 4 rings (SSSR count). The third kappa shape index (κ3) is 4.61. The maximum Gasteiger partial charge on any atom is 0.132 e. The smallest absolute Gasteiger partial charge is 0.132 e. The molecule has 9 heteroatoms. The molecule has 0 spiro atoms. The third-order valence-electron chi connectivity index (χ3n) is 6.77. The summed E-state index contributed by atoms with van der Waals surface area (Å²) in [5.41, 5.74) is 7.94. The topological polar surface area (TPSA) is 95.0 Å². The molecule has 0 aromatic carbocycles. The minimum absolute atomic E-state index is 0.106. The van der Waals surface area contributed by atoms with Crippen molar-refractivity contribution in [3.05, 3.63) is 18.1 Å². The lowest BCUT2D eigenvalue weighted by atomic mass is 9.79. The van der Waals surface area contributed by atoms with Gasteiger partial charge in [-0.05, 0) is 40.3 Å². The van der Waals surface area contributed by atoms with Crippen LogP contribution in [0.15, 0.2) is 12.4 Å². The van der Waals surface area contributed by atoms with Crippen molar-refractivity contribution in [2.45, 2.75) is 62.6 Å². The van der Waals surface area contributed by atoms with Crippen LogP contribution in [0, 0.1) is 5.92 Å². The number of anilines is 1. The summed E-state index contributed by atoms with van der Waals surface area (Å²) in [5, 5.41) is 10.4. The molecule has 2 aliphatic heterocycles. The molecule has 2 saturated heterocycles. The molecule has 3 aliphatic rings. The van der Waals surface area contributed by atoms with E-state index >= 15 is 0 Å². The molecule has 9 nitrogen and oxygen atoms in total. The van der Waals surface area contributed by atoms with Crippen molar-refractivity contribution in [1.29, 1.82) is 0 Å². The summed E-state index contributed by atoms with van der Waals surface area (Å²) < 4.78 is 11.4. The van der Waals surface area contributed by atoms with Crippen LogP contribution in [0.1, 0.15) is 37.9 Å². The second-order valence-electron chi connectivity index (χ2n) is 9.18. The van der Waals surface area contributed by atoms with Crippen LogP contribution in [0.3, 0.4) is 0 Å². The lowest BCUT2D eigenvalue weighted by Crippen LogP contribution is -2.38. The summed E-state index contributed by atoms with van der Waals surface area (Å²) >= 11 is 0. The molecule has 1 aromatic heterocycles. The highest BCUT2D eigenvalue weighted by atomic mass is 16.5. The van der Waals surface area contributed by atoms with Gasteiger partial charge in [-0.3, -0.25) is 5.43 Å². The van der Waals surface area contributed by atoms with Crippen LogP contribution >= 0.6 is 0 Å². The van der Waals surface area contributed by atoms with Crippen LogP contribution in [-0.4, -0.2) is 91.3 Å². The maximum atomic E-state index is 10.4. The lowest BCUT2D eigenvalue weighted by Gasteiger charge is -2.34. The molecule has 1 aliphatic carbocycles. The molecule has 0 bridgehead atoms. The molecule has 3 heterocycles. The number of β-amino-alcohol motifs (C(OH)–C–C–N with tert-alkyl or cyclic N) is 1. The first-order valence-corrected chi connectivity index (χ1v) is 11.0. The van der Waals surface area contributed by atoms with Crippen molar-refractivity contribution in [3.63, 3.8) is 0 Å². The Morgan fingerprint density at radius 3 is 2.83 bits per heavy atom. The number of ether oxygens (including phenoxy) is 2. The first-order valence-electron chi connectivity index (χ1n) is 11.0. The number of nitrogens with zero attached hydrogens (tertiary/aromatic N) is 4. The van der Waals surface area contributed by atoms with Crippen molar-refractivity contribution in [2.24, 2.45) is 5.92 Å². The van der Waals surface area contributed by atoms with Crippen LogP contribution < -0.4 is 15.8 Å². The van der Waals surface area contributed by atoms with Crippen LogP contribution in [0.4, 0.5) is 5.82 Å². The van der Waals surface area contributed by atoms with Crippen molar-refractivity contribution in [2.75, 3.05) is 45.8 Å². The number of aromatic nitrogens is 2. The highest BCUT2D eigenvalue weighted by Crippen LogP contribution is 2.39. The number of hydrogen-bond acceptors (Lipinski definition) is 9. The highest BCUT2D eigenvalue weighted by Gasteiger charge is 2.42. The van der Waals surface area contributed by atoms with Crippen molar-refractivity contribution < 1.29 is 14.6 Å². The summed E-state index contributed by atoms with van der Waals surface area (Å²) in [7, 11) is 5.72. The van der Waals surface area contributed by atoms with Gasteiger partial charge in [0.1, 0.15) is 12.1 Å². The average Bonchev–Trinajstić information content (AvgIpc) is 3.31. The summed E-state index contributed by atoms with van der Waals surface area (Å²) in [4.78, 5) is 13.3. The Morgan fingerprint density at radius 1 is 1.27 bits per heavy atom. The van der Waals surface area contributed by atoms with Gasteiger partial charge in [0.15, 0.2) is 0 Å². The Hall–Kier alpha value is -1.36. The molecule has 0 amide bonds. The summed E-state index contributed by atoms with van der Waals surface area (Å²) in [6, 6.07) is 2.74. The van der Waals surface area contributed by atoms with E-state index in [1.807, 2.05) is 14.1 Å². The molecule has 4 unspecified atom stereocenters. The fourth-order valence-electron chi connectivity index (χ4n) is 5.20. The summed E-state index contributed by atoms with van der Waals surface area (Å²) in [6.07, 6.45) is 4.76. The normalized spacial score (nSPS) is 35.1. The minimum atomic E-state index is -0.376. The van der Waals surface area contributed by atoms with E-state index in [1.54, 1.807) is 13.4 Å². The van der Waals surface area contributed by atoms with Gasteiger partial charge in [-0.2, -0.15) is 0 Å². The third-order valence-corrected chi connectivity index (χ3v) is 6.77. The Balaban J connectivity index is 1.45. The fourth-order valence-corrected chi connectivity index (χ4v) is 5.20. The van der Waals surface area contributed by atoms with Crippen LogP contribution in [0.25, 0.3) is 0 Å². The number of nitrogens with one attached hydrogen (secondary N) is 2. The van der Waals surface area contributed by atoms with Gasteiger partial charge >= 0.3 is 0 Å². The van der Waals surface area contributed by atoms with Crippen molar-refractivity contribution in [1.82, 2.24) is 25.7 Å². The van der Waals surface area contributed by atoms with Crippen LogP contribution in [-0.2, 0) is 9.47 Å². The van der Waals surface area contributed by atoms with E-state index in [2.05, 4.69) is 43.6 Å². The molecule has 30 heavy (non-hydrogen) atoms. The minimum Gasteiger partial charge on any atom is -0.390 e. The number of hydrazine groups is 1. The van der Waals surface area contributed by atoms with Gasteiger partial charge in [0, 0.05) is 38.2 Å². The number of hydrogen-bond donors (Lipinski definition) is 3. The molecule has 3 fully saturated rings. The Kier molecular flexibility index (Phi) is 6.86. The second-order valence-corrected chi connectivity index (χ2v) is 9.18. The highest BCUT2D eigenvalue weighted by molar-refractivity contribution is 5.42. The Morgan fingerprint density at radius 2 is 2.10 bits per heavy atom. The standard InChI is InChI=1S/C21H36N6O3/c1-13(11-29-4)30-14-5-6-16-15(7-14)21(25-24-16)17-8-20(23-12-22-17)27-9-18(26(2)3)19(28)10-27/h8,12-16,18-19,21,24-25,28H,5-7,9-11H2,1-4H3/t13-,14?,15?,16?,18-,19-,21?/m0/s1. The molecule has 7 atom stereocenters. The zero-order valence-corrected chi connectivity index (χ0v) is 18.5. The van der Waals surface area contributed by atoms with E-state index in [-0.39, 0.29) is 30.4 Å². The number of aliphatic hydroxyl groups excluding tert-OH is 1. The number of aliphatic hydroxyl groups is 1. The van der Waals surface area contributed by atoms with Crippen LogP contribution in [0.5, 0.6) is 0 Å². The van der Waals surface area contributed by atoms with Gasteiger partial charge < -0.3 is 24.4 Å². The number of fused-ring (bicyclic) bond motifs is 1. The number of methoxy groups -OCH3 is 1. The van der Waals surface area contributed by atoms with Crippen molar-refractivity contribution in [3.8, 4) is 0 Å². The van der Waals surface area contributed by atoms with E-state index in [1.165, 1.54) is 0 Å². The quantitative estimate of drug-likeness (QED) is 0.577. The number of rotatable bonds is 7. The van der Waals surface area contributed by atoms with Gasteiger partial charge in [0.05, 0.1) is 42.7 Å². The summed E-state index contributed by atoms with van der Waals surface area (Å²) in [6.45, 7) is 4.05. The van der Waals surface area contributed by atoms with Gasteiger partial charge in [-0.1, -0.05) is 0 Å². The second kappa shape index (κ2) is 9.42. The zero-order valence-electron chi connectivity index (χ0n) is 18.5. The van der Waals surface area contributed by atoms with Gasteiger partial charge in [-0.25, -0.2) is 15.4 Å². The van der Waals surface area contributed by atoms with Gasteiger partial charge in [-0.15, -0.1) is 0 Å². The largest absolute Gasteiger partial charge is 0.390 e. The predicted octanol–water partition coefficient (Wildman–Crippen LogP) is 0.325. The molecule has 168 valence electrons. The van der Waals surface area contributed by atoms with Crippen LogP contribution in [0.2, 0.25) is 0 Å². The van der Waals surface area contributed by atoms with E-state index in [4.69, 9.17) is 9.47 Å². The van der Waals surface area contributed by atoms with E-state index in [0.717, 1.165) is 37.3 Å². The molecule has 3 N–H and O–H groups in total. The van der Waals surface area contributed by atoms with E-state index < -0.39 is 0 Å². The first-order chi connectivity index (χ1) is 14.5. The summed E-state index contributed by atoms with van der Waals surface area (Å²) in [5.74, 6) is 1.30. The molecular weight excluding hydrogens is 384 g/mol. The number of likely N-dealkylation sites (N-methyl/N-ethyl adjacent to an activating group) is 1. The molecule has 1 saturated carbocycles. The monoisotopic (exact) mass is 420 g/mol. The SMILES string of the molecule is COC[C@H](C)OC1CCC2NNC(c3cc(N4C[C@H](O)[C@@H](N(C)C)C4)ncn3)C2C1. The van der Waals surface area contributed by atoms with Crippen molar-refractivity contribution >= 4 is 5.82 Å². The Bertz CT molecular complexity index is 707. The van der Waals surface area contributed by atoms with E-state index in [9.17, 15) is 5.11 Å². The zero-order chi connectivity index (χ0) is 21.3. The molecular formula is C21H36N6O3. The lowest BCUT2D eigenvalue weighted by molar-refractivity contribution is -0.0623. The predicted molar refractivity (Wildman–Crippen MR) is 114 cm³/mol. The molecule has 0 radical (unpaired) electrons. The first kappa shape index (κ1) is 21.9.